The van der Waals surface area contributed by atoms with Crippen LogP contribution in [0.25, 0.3) is 0 Å². The third-order valence-corrected chi connectivity index (χ3v) is 5.53. The molecular weight excluding hydrogens is 444 g/mol. The number of furan rings is 1. The summed E-state index contributed by atoms with van der Waals surface area (Å²) in [6.45, 7) is 1.82. The van der Waals surface area contributed by atoms with Gasteiger partial charge < -0.3 is 19.4 Å². The Morgan fingerprint density at radius 2 is 1.73 bits per heavy atom. The Morgan fingerprint density at radius 1 is 1.06 bits per heavy atom. The topological polar surface area (TPSA) is 88.9 Å². The van der Waals surface area contributed by atoms with Crippen LogP contribution in [0.4, 0.5) is 0 Å². The van der Waals surface area contributed by atoms with E-state index in [9.17, 15) is 14.4 Å². The zero-order chi connectivity index (χ0) is 24.0. The third kappa shape index (κ3) is 6.02. The third-order valence-electron chi connectivity index (χ3n) is 5.20. The van der Waals surface area contributed by atoms with Gasteiger partial charge in [-0.25, -0.2) is 4.79 Å². The molecule has 33 heavy (non-hydrogen) atoms. The highest BCUT2D eigenvalue weighted by molar-refractivity contribution is 6.33. The second kappa shape index (κ2) is 10.8. The van der Waals surface area contributed by atoms with Crippen LogP contribution in [-0.2, 0) is 16.1 Å². The second-order valence-electron chi connectivity index (χ2n) is 7.54. The van der Waals surface area contributed by atoms with Crippen molar-refractivity contribution in [3.05, 3.63) is 93.9 Å². The molecule has 0 bridgehead atoms. The SMILES string of the molecule is COC(=O)c1cc(CN(C)C(=O)CC(NC(=O)c2ccccc2Cl)c2ccccc2)oc1C. The summed E-state index contributed by atoms with van der Waals surface area (Å²) < 4.78 is 10.3. The number of benzene rings is 2. The van der Waals surface area contributed by atoms with Crippen LogP contribution in [0.1, 0.15) is 50.3 Å². The van der Waals surface area contributed by atoms with Crippen LogP contribution in [0, 0.1) is 6.92 Å². The molecule has 0 saturated carbocycles. The maximum Gasteiger partial charge on any atom is 0.341 e. The monoisotopic (exact) mass is 468 g/mol. The molecule has 1 atom stereocenters. The summed E-state index contributed by atoms with van der Waals surface area (Å²) >= 11 is 6.16. The number of carbonyl (C=O) groups excluding carboxylic acids is 3. The molecule has 1 unspecified atom stereocenters. The average molecular weight is 469 g/mol. The maximum absolute atomic E-state index is 13.0. The Hall–Kier alpha value is -3.58. The molecule has 8 heteroatoms. The number of hydrogen-bond acceptors (Lipinski definition) is 5. The molecule has 0 aliphatic rings. The summed E-state index contributed by atoms with van der Waals surface area (Å²) in [6, 6.07) is 17.0. The lowest BCUT2D eigenvalue weighted by Gasteiger charge is -2.23. The standard InChI is InChI=1S/C25H25ClN2O5/c1-16-20(25(31)32-3)13-18(33-16)15-28(2)23(29)14-22(17-9-5-4-6-10-17)27-24(30)19-11-7-8-12-21(19)26/h4-13,22H,14-15H2,1-3H3,(H,27,30). The van der Waals surface area contributed by atoms with Gasteiger partial charge in [0.25, 0.3) is 5.91 Å². The van der Waals surface area contributed by atoms with E-state index in [1.54, 1.807) is 44.3 Å². The van der Waals surface area contributed by atoms with Gasteiger partial charge in [0.05, 0.1) is 36.7 Å². The molecule has 1 N–H and O–H groups in total. The highest BCUT2D eigenvalue weighted by atomic mass is 35.5. The van der Waals surface area contributed by atoms with Gasteiger partial charge in [0.2, 0.25) is 5.91 Å². The highest BCUT2D eigenvalue weighted by Gasteiger charge is 2.23. The van der Waals surface area contributed by atoms with Crippen LogP contribution in [0.5, 0.6) is 0 Å². The Morgan fingerprint density at radius 3 is 2.39 bits per heavy atom. The molecule has 0 saturated heterocycles. The van der Waals surface area contributed by atoms with Crippen LogP contribution >= 0.6 is 11.6 Å². The largest absolute Gasteiger partial charge is 0.465 e. The first-order chi connectivity index (χ1) is 15.8. The van der Waals surface area contributed by atoms with Gasteiger partial charge in [-0.3, -0.25) is 9.59 Å². The molecular formula is C25H25ClN2O5. The quantitative estimate of drug-likeness (QED) is 0.490. The zero-order valence-electron chi connectivity index (χ0n) is 18.6. The molecule has 2 amide bonds. The number of rotatable bonds is 8. The Balaban J connectivity index is 1.74. The molecule has 0 spiro atoms. The minimum atomic E-state index is -0.561. The first-order valence-corrected chi connectivity index (χ1v) is 10.7. The molecule has 2 aromatic carbocycles. The number of methoxy groups -OCH3 is 1. The van der Waals surface area contributed by atoms with Crippen molar-refractivity contribution in [1.82, 2.24) is 10.2 Å². The number of halogens is 1. The highest BCUT2D eigenvalue weighted by Crippen LogP contribution is 2.22. The summed E-state index contributed by atoms with van der Waals surface area (Å²) in [6.07, 6.45) is 0.0280. The van der Waals surface area contributed by atoms with Crippen LogP contribution in [0.2, 0.25) is 5.02 Å². The van der Waals surface area contributed by atoms with Crippen LogP contribution in [-0.4, -0.2) is 36.8 Å². The van der Waals surface area contributed by atoms with Gasteiger partial charge in [-0.2, -0.15) is 0 Å². The predicted molar refractivity (Wildman–Crippen MR) is 124 cm³/mol. The maximum atomic E-state index is 13.0. The van der Waals surface area contributed by atoms with Gasteiger partial charge in [-0.05, 0) is 30.7 Å². The summed E-state index contributed by atoms with van der Waals surface area (Å²) in [5, 5.41) is 3.25. The number of esters is 1. The van der Waals surface area contributed by atoms with E-state index in [4.69, 9.17) is 20.8 Å². The lowest BCUT2D eigenvalue weighted by Crippen LogP contribution is -2.34. The first-order valence-electron chi connectivity index (χ1n) is 10.3. The number of amides is 2. The minimum Gasteiger partial charge on any atom is -0.465 e. The van der Waals surface area contributed by atoms with Crippen molar-refractivity contribution < 1.29 is 23.5 Å². The van der Waals surface area contributed by atoms with Crippen molar-refractivity contribution in [3.8, 4) is 0 Å². The molecule has 3 aromatic rings. The van der Waals surface area contributed by atoms with Crippen LogP contribution in [0.3, 0.4) is 0 Å². The van der Waals surface area contributed by atoms with Gasteiger partial charge in [0.15, 0.2) is 0 Å². The zero-order valence-corrected chi connectivity index (χ0v) is 19.4. The Labute approximate surface area is 197 Å². The van der Waals surface area contributed by atoms with Crippen molar-refractivity contribution >= 4 is 29.4 Å². The normalized spacial score (nSPS) is 11.5. The lowest BCUT2D eigenvalue weighted by atomic mass is 10.0. The predicted octanol–water partition coefficient (Wildman–Crippen LogP) is 4.55. The number of ether oxygens (including phenoxy) is 1. The molecule has 172 valence electrons. The molecule has 0 fully saturated rings. The Bertz CT molecular complexity index is 1140. The van der Waals surface area contributed by atoms with Crippen LogP contribution < -0.4 is 5.32 Å². The number of nitrogens with zero attached hydrogens (tertiary/aromatic N) is 1. The van der Waals surface area contributed by atoms with E-state index in [0.29, 0.717) is 27.7 Å². The summed E-state index contributed by atoms with van der Waals surface area (Å²) in [5.74, 6) is -0.193. The molecule has 1 heterocycles. The van der Waals surface area contributed by atoms with E-state index in [2.05, 4.69) is 5.32 Å². The van der Waals surface area contributed by atoms with Gasteiger partial charge in [-0.15, -0.1) is 0 Å². The molecule has 3 rings (SSSR count). The number of hydrogen-bond donors (Lipinski definition) is 1. The number of carbonyl (C=O) groups is 3. The smallest absolute Gasteiger partial charge is 0.341 e. The first kappa shape index (κ1) is 24.1. The van der Waals surface area contributed by atoms with Gasteiger partial charge in [0.1, 0.15) is 17.1 Å². The lowest BCUT2D eigenvalue weighted by molar-refractivity contribution is -0.131. The van der Waals surface area contributed by atoms with E-state index in [1.165, 1.54) is 12.0 Å². The molecule has 1 aromatic heterocycles. The van der Waals surface area contributed by atoms with E-state index in [1.807, 2.05) is 30.3 Å². The fourth-order valence-electron chi connectivity index (χ4n) is 3.41. The second-order valence-corrected chi connectivity index (χ2v) is 7.95. The Kier molecular flexibility index (Phi) is 7.90. The summed E-state index contributed by atoms with van der Waals surface area (Å²) in [5.41, 5.74) is 1.45. The molecule has 0 radical (unpaired) electrons. The van der Waals surface area contributed by atoms with Gasteiger partial charge in [-0.1, -0.05) is 54.1 Å². The van der Waals surface area contributed by atoms with E-state index < -0.39 is 12.0 Å². The molecule has 7 nitrogen and oxygen atoms in total. The van der Waals surface area contributed by atoms with E-state index >= 15 is 0 Å². The van der Waals surface area contributed by atoms with Crippen LogP contribution in [0.15, 0.2) is 65.1 Å². The van der Waals surface area contributed by atoms with Crippen molar-refractivity contribution in [2.75, 3.05) is 14.2 Å². The van der Waals surface area contributed by atoms with Gasteiger partial charge in [0, 0.05) is 7.05 Å². The number of nitrogens with one attached hydrogen (secondary N) is 1. The van der Waals surface area contributed by atoms with Crippen molar-refractivity contribution in [3.63, 3.8) is 0 Å². The molecule has 0 aliphatic heterocycles. The van der Waals surface area contributed by atoms with Gasteiger partial charge >= 0.3 is 5.97 Å². The van der Waals surface area contributed by atoms with Crippen molar-refractivity contribution in [2.24, 2.45) is 0 Å². The number of aryl methyl sites for hydroxylation is 1. The average Bonchev–Trinajstić information content (AvgIpc) is 3.18. The fourth-order valence-corrected chi connectivity index (χ4v) is 3.63. The van der Waals surface area contributed by atoms with E-state index in [-0.39, 0.29) is 24.8 Å². The summed E-state index contributed by atoms with van der Waals surface area (Å²) in [4.78, 5) is 39.1. The fraction of sp³-hybridized carbons (Fsp3) is 0.240. The summed E-state index contributed by atoms with van der Waals surface area (Å²) in [7, 11) is 2.93. The molecule has 0 aliphatic carbocycles. The van der Waals surface area contributed by atoms with Crippen molar-refractivity contribution in [2.45, 2.75) is 25.9 Å². The van der Waals surface area contributed by atoms with Crippen molar-refractivity contribution in [1.29, 1.82) is 0 Å². The van der Waals surface area contributed by atoms with E-state index in [0.717, 1.165) is 5.56 Å². The minimum absolute atomic E-state index is 0.0280.